The van der Waals surface area contributed by atoms with Crippen LogP contribution in [0.4, 0.5) is 0 Å². The molecule has 0 saturated heterocycles. The number of hydrogen-bond donors (Lipinski definition) is 1. The Hall–Kier alpha value is -1.58. The SMILES string of the molecule is CC(CO)N(C)CCOc1ccc2ccccc2c1. The Morgan fingerprint density at radius 2 is 1.89 bits per heavy atom. The molecule has 0 amide bonds. The maximum Gasteiger partial charge on any atom is 0.120 e. The fourth-order valence-corrected chi connectivity index (χ4v) is 1.92. The third-order valence-corrected chi connectivity index (χ3v) is 3.45. The summed E-state index contributed by atoms with van der Waals surface area (Å²) in [6.07, 6.45) is 0. The fourth-order valence-electron chi connectivity index (χ4n) is 1.92. The van der Waals surface area contributed by atoms with Crippen LogP contribution in [0, 0.1) is 0 Å². The summed E-state index contributed by atoms with van der Waals surface area (Å²) in [5, 5.41) is 11.5. The van der Waals surface area contributed by atoms with E-state index in [0.717, 1.165) is 12.3 Å². The minimum absolute atomic E-state index is 0.167. The molecule has 2 aromatic carbocycles. The largest absolute Gasteiger partial charge is 0.492 e. The lowest BCUT2D eigenvalue weighted by Gasteiger charge is -2.22. The molecular weight excluding hydrogens is 238 g/mol. The Morgan fingerprint density at radius 3 is 2.63 bits per heavy atom. The van der Waals surface area contributed by atoms with Crippen LogP contribution in [0.5, 0.6) is 5.75 Å². The molecule has 0 heterocycles. The van der Waals surface area contributed by atoms with Crippen molar-refractivity contribution in [1.29, 1.82) is 0 Å². The fraction of sp³-hybridized carbons (Fsp3) is 0.375. The van der Waals surface area contributed by atoms with Crippen molar-refractivity contribution in [3.63, 3.8) is 0 Å². The number of ether oxygens (including phenoxy) is 1. The van der Waals surface area contributed by atoms with Gasteiger partial charge in [0.25, 0.3) is 0 Å². The number of likely N-dealkylation sites (N-methyl/N-ethyl adjacent to an activating group) is 1. The van der Waals surface area contributed by atoms with Gasteiger partial charge in [0, 0.05) is 12.6 Å². The molecule has 0 aliphatic rings. The Labute approximate surface area is 114 Å². The second-order valence-corrected chi connectivity index (χ2v) is 4.87. The Morgan fingerprint density at radius 1 is 1.16 bits per heavy atom. The van der Waals surface area contributed by atoms with E-state index < -0.39 is 0 Å². The molecule has 3 nitrogen and oxygen atoms in total. The van der Waals surface area contributed by atoms with Gasteiger partial charge in [0.2, 0.25) is 0 Å². The van der Waals surface area contributed by atoms with Crippen LogP contribution in [0.3, 0.4) is 0 Å². The molecule has 3 heteroatoms. The first-order valence-electron chi connectivity index (χ1n) is 6.63. The predicted octanol–water partition coefficient (Wildman–Crippen LogP) is 2.53. The van der Waals surface area contributed by atoms with E-state index in [2.05, 4.69) is 29.2 Å². The van der Waals surface area contributed by atoms with Gasteiger partial charge in [0.05, 0.1) is 6.61 Å². The van der Waals surface area contributed by atoms with Crippen LogP contribution in [-0.2, 0) is 0 Å². The van der Waals surface area contributed by atoms with Gasteiger partial charge in [-0.2, -0.15) is 0 Å². The maximum atomic E-state index is 9.06. The van der Waals surface area contributed by atoms with Crippen LogP contribution < -0.4 is 4.74 Å². The molecule has 0 aliphatic carbocycles. The number of nitrogens with zero attached hydrogens (tertiary/aromatic N) is 1. The van der Waals surface area contributed by atoms with E-state index in [1.807, 2.05) is 32.2 Å². The van der Waals surface area contributed by atoms with E-state index in [1.165, 1.54) is 10.8 Å². The number of benzene rings is 2. The normalized spacial score (nSPS) is 12.8. The van der Waals surface area contributed by atoms with Crippen molar-refractivity contribution in [1.82, 2.24) is 4.90 Å². The van der Waals surface area contributed by atoms with Crippen LogP contribution in [0.25, 0.3) is 10.8 Å². The lowest BCUT2D eigenvalue weighted by Crippen LogP contribution is -2.35. The highest BCUT2D eigenvalue weighted by molar-refractivity contribution is 5.83. The van der Waals surface area contributed by atoms with Crippen molar-refractivity contribution in [3.05, 3.63) is 42.5 Å². The van der Waals surface area contributed by atoms with Gasteiger partial charge in [-0.15, -0.1) is 0 Å². The van der Waals surface area contributed by atoms with Crippen molar-refractivity contribution in [2.45, 2.75) is 13.0 Å². The molecule has 1 atom stereocenters. The highest BCUT2D eigenvalue weighted by atomic mass is 16.5. The van der Waals surface area contributed by atoms with Crippen molar-refractivity contribution in [2.24, 2.45) is 0 Å². The summed E-state index contributed by atoms with van der Waals surface area (Å²) in [4.78, 5) is 2.08. The predicted molar refractivity (Wildman–Crippen MR) is 78.6 cm³/mol. The highest BCUT2D eigenvalue weighted by Gasteiger charge is 2.07. The average Bonchev–Trinajstić information content (AvgIpc) is 2.46. The minimum atomic E-state index is 0.167. The standard InChI is InChI=1S/C16H21NO2/c1-13(12-18)17(2)9-10-19-16-8-7-14-5-3-4-6-15(14)11-16/h3-8,11,13,18H,9-10,12H2,1-2H3. The smallest absolute Gasteiger partial charge is 0.120 e. The molecule has 0 spiro atoms. The molecule has 1 unspecified atom stereocenters. The maximum absolute atomic E-state index is 9.06. The third-order valence-electron chi connectivity index (χ3n) is 3.45. The van der Waals surface area contributed by atoms with Crippen LogP contribution in [0.2, 0.25) is 0 Å². The van der Waals surface area contributed by atoms with Gasteiger partial charge in [-0.05, 0) is 36.9 Å². The van der Waals surface area contributed by atoms with Crippen LogP contribution in [-0.4, -0.2) is 42.9 Å². The van der Waals surface area contributed by atoms with Gasteiger partial charge < -0.3 is 9.84 Å². The van der Waals surface area contributed by atoms with Gasteiger partial charge in [-0.25, -0.2) is 0 Å². The van der Waals surface area contributed by atoms with E-state index in [0.29, 0.717) is 6.61 Å². The summed E-state index contributed by atoms with van der Waals surface area (Å²) in [5.41, 5.74) is 0. The molecule has 2 aromatic rings. The molecule has 0 fully saturated rings. The van der Waals surface area contributed by atoms with Crippen LogP contribution >= 0.6 is 0 Å². The van der Waals surface area contributed by atoms with E-state index >= 15 is 0 Å². The second-order valence-electron chi connectivity index (χ2n) is 4.87. The Bertz CT molecular complexity index is 527. The second kappa shape index (κ2) is 6.55. The average molecular weight is 259 g/mol. The van der Waals surface area contributed by atoms with Crippen LogP contribution in [0.15, 0.2) is 42.5 Å². The quantitative estimate of drug-likeness (QED) is 0.865. The minimum Gasteiger partial charge on any atom is -0.492 e. The number of aliphatic hydroxyl groups is 1. The summed E-state index contributed by atoms with van der Waals surface area (Å²) in [5.74, 6) is 0.892. The van der Waals surface area contributed by atoms with Gasteiger partial charge in [-0.3, -0.25) is 4.90 Å². The zero-order valence-corrected chi connectivity index (χ0v) is 11.5. The number of aliphatic hydroxyl groups excluding tert-OH is 1. The molecular formula is C16H21NO2. The summed E-state index contributed by atoms with van der Waals surface area (Å²) in [6.45, 7) is 3.59. The molecule has 0 bridgehead atoms. The summed E-state index contributed by atoms with van der Waals surface area (Å²) in [6, 6.07) is 14.5. The van der Waals surface area contributed by atoms with Gasteiger partial charge in [0.1, 0.15) is 12.4 Å². The molecule has 102 valence electrons. The van der Waals surface area contributed by atoms with Crippen molar-refractivity contribution in [2.75, 3.05) is 26.8 Å². The number of fused-ring (bicyclic) bond motifs is 1. The van der Waals surface area contributed by atoms with E-state index in [1.54, 1.807) is 0 Å². The topological polar surface area (TPSA) is 32.7 Å². The van der Waals surface area contributed by atoms with Gasteiger partial charge >= 0.3 is 0 Å². The zero-order valence-electron chi connectivity index (χ0n) is 11.5. The molecule has 0 aromatic heterocycles. The first kappa shape index (κ1) is 13.8. The first-order valence-corrected chi connectivity index (χ1v) is 6.63. The highest BCUT2D eigenvalue weighted by Crippen LogP contribution is 2.20. The molecule has 2 rings (SSSR count). The zero-order chi connectivity index (χ0) is 13.7. The van der Waals surface area contributed by atoms with Crippen molar-refractivity contribution < 1.29 is 9.84 Å². The van der Waals surface area contributed by atoms with E-state index in [9.17, 15) is 0 Å². The van der Waals surface area contributed by atoms with Crippen molar-refractivity contribution >= 4 is 10.8 Å². The molecule has 0 aliphatic heterocycles. The van der Waals surface area contributed by atoms with E-state index in [4.69, 9.17) is 9.84 Å². The number of rotatable bonds is 6. The van der Waals surface area contributed by atoms with Crippen LogP contribution in [0.1, 0.15) is 6.92 Å². The van der Waals surface area contributed by atoms with Gasteiger partial charge in [-0.1, -0.05) is 30.3 Å². The summed E-state index contributed by atoms with van der Waals surface area (Å²) in [7, 11) is 1.99. The van der Waals surface area contributed by atoms with E-state index in [-0.39, 0.29) is 12.6 Å². The van der Waals surface area contributed by atoms with Gasteiger partial charge in [0.15, 0.2) is 0 Å². The molecule has 0 saturated carbocycles. The molecule has 1 N–H and O–H groups in total. The summed E-state index contributed by atoms with van der Waals surface area (Å²) >= 11 is 0. The first-order chi connectivity index (χ1) is 9.20. The molecule has 0 radical (unpaired) electrons. The molecule has 19 heavy (non-hydrogen) atoms. The monoisotopic (exact) mass is 259 g/mol. The third kappa shape index (κ3) is 3.69. The Balaban J connectivity index is 1.91. The lowest BCUT2D eigenvalue weighted by molar-refractivity contribution is 0.140. The van der Waals surface area contributed by atoms with Crippen molar-refractivity contribution in [3.8, 4) is 5.75 Å². The number of hydrogen-bond acceptors (Lipinski definition) is 3. The summed E-state index contributed by atoms with van der Waals surface area (Å²) < 4.78 is 5.76. The lowest BCUT2D eigenvalue weighted by atomic mass is 10.1. The Kier molecular flexibility index (Phi) is 4.77.